The predicted octanol–water partition coefficient (Wildman–Crippen LogP) is 3.12. The first-order valence-electron chi connectivity index (χ1n) is 7.83. The summed E-state index contributed by atoms with van der Waals surface area (Å²) in [5.41, 5.74) is 9.25. The molecular formula is C17H26N2. The summed E-state index contributed by atoms with van der Waals surface area (Å²) in [4.78, 5) is 2.69. The first kappa shape index (κ1) is 13.1. The number of nitrogens with zero attached hydrogens (tertiary/aromatic N) is 1. The monoisotopic (exact) mass is 258 g/mol. The number of hydrogen-bond donors (Lipinski definition) is 1. The highest BCUT2D eigenvalue weighted by molar-refractivity contribution is 5.31. The highest BCUT2D eigenvalue weighted by atomic mass is 15.2. The molecule has 2 N–H and O–H groups in total. The van der Waals surface area contributed by atoms with E-state index in [0.717, 1.165) is 0 Å². The van der Waals surface area contributed by atoms with Gasteiger partial charge in [-0.1, -0.05) is 30.7 Å². The summed E-state index contributed by atoms with van der Waals surface area (Å²) in [5.74, 6) is 0.690. The standard InChI is InChI=1S/C17H26N2/c1-13(18)15-10-11-19(12-15)17-9-5-3-7-14-6-2-4-8-16(14)17/h2,4,6,8,13,15,17H,3,5,7,9-12,18H2,1H3. The molecule has 2 aliphatic rings. The Hall–Kier alpha value is -0.860. The number of likely N-dealkylation sites (tertiary alicyclic amines) is 1. The molecule has 0 amide bonds. The van der Waals surface area contributed by atoms with Crippen LogP contribution in [0.15, 0.2) is 24.3 Å². The van der Waals surface area contributed by atoms with Gasteiger partial charge in [0.1, 0.15) is 0 Å². The van der Waals surface area contributed by atoms with Gasteiger partial charge in [0, 0.05) is 18.6 Å². The average molecular weight is 258 g/mol. The minimum absolute atomic E-state index is 0.339. The normalized spacial score (nSPS) is 29.8. The van der Waals surface area contributed by atoms with Crippen molar-refractivity contribution in [3.05, 3.63) is 35.4 Å². The van der Waals surface area contributed by atoms with Crippen LogP contribution < -0.4 is 5.73 Å². The van der Waals surface area contributed by atoms with Gasteiger partial charge >= 0.3 is 0 Å². The molecular weight excluding hydrogens is 232 g/mol. The predicted molar refractivity (Wildman–Crippen MR) is 80.1 cm³/mol. The number of rotatable bonds is 2. The molecule has 19 heavy (non-hydrogen) atoms. The lowest BCUT2D eigenvalue weighted by molar-refractivity contribution is 0.220. The fraction of sp³-hybridized carbons (Fsp3) is 0.647. The topological polar surface area (TPSA) is 29.3 Å². The second-order valence-corrected chi connectivity index (χ2v) is 6.36. The maximum atomic E-state index is 6.09. The van der Waals surface area contributed by atoms with Gasteiger partial charge in [-0.25, -0.2) is 0 Å². The number of benzene rings is 1. The third-order valence-electron chi connectivity index (χ3n) is 5.03. The summed E-state index contributed by atoms with van der Waals surface area (Å²) in [6.45, 7) is 4.58. The Morgan fingerprint density at radius 1 is 1.21 bits per heavy atom. The molecule has 0 aromatic heterocycles. The molecule has 2 nitrogen and oxygen atoms in total. The van der Waals surface area contributed by atoms with Gasteiger partial charge in [0.2, 0.25) is 0 Å². The molecule has 0 spiro atoms. The summed E-state index contributed by atoms with van der Waals surface area (Å²) in [5, 5.41) is 0. The molecule has 3 rings (SSSR count). The number of fused-ring (bicyclic) bond motifs is 1. The van der Waals surface area contributed by atoms with Crippen molar-refractivity contribution in [3.8, 4) is 0 Å². The van der Waals surface area contributed by atoms with Crippen LogP contribution in [-0.2, 0) is 6.42 Å². The van der Waals surface area contributed by atoms with Crippen molar-refractivity contribution in [2.24, 2.45) is 11.7 Å². The maximum absolute atomic E-state index is 6.09. The second-order valence-electron chi connectivity index (χ2n) is 6.36. The molecule has 1 aliphatic heterocycles. The first-order chi connectivity index (χ1) is 9.25. The number of hydrogen-bond acceptors (Lipinski definition) is 2. The zero-order valence-electron chi connectivity index (χ0n) is 12.0. The Morgan fingerprint density at radius 2 is 2.05 bits per heavy atom. The third kappa shape index (κ3) is 2.70. The molecule has 3 atom stereocenters. The summed E-state index contributed by atoms with van der Waals surface area (Å²) in [6.07, 6.45) is 6.56. The van der Waals surface area contributed by atoms with Crippen molar-refractivity contribution in [3.63, 3.8) is 0 Å². The van der Waals surface area contributed by atoms with Crippen molar-refractivity contribution in [1.29, 1.82) is 0 Å². The molecule has 1 aliphatic carbocycles. The van der Waals surface area contributed by atoms with Gasteiger partial charge in [-0.3, -0.25) is 4.90 Å². The van der Waals surface area contributed by atoms with E-state index in [-0.39, 0.29) is 0 Å². The molecule has 1 heterocycles. The molecule has 1 aromatic rings. The van der Waals surface area contributed by atoms with Crippen LogP contribution in [0.2, 0.25) is 0 Å². The van der Waals surface area contributed by atoms with Gasteiger partial charge in [0.15, 0.2) is 0 Å². The zero-order valence-corrected chi connectivity index (χ0v) is 12.0. The molecule has 1 fully saturated rings. The first-order valence-corrected chi connectivity index (χ1v) is 7.83. The van der Waals surface area contributed by atoms with Crippen LogP contribution in [0.3, 0.4) is 0 Å². The Bertz CT molecular complexity index is 427. The van der Waals surface area contributed by atoms with E-state index in [1.165, 1.54) is 45.2 Å². The van der Waals surface area contributed by atoms with Gasteiger partial charge in [-0.05, 0) is 56.2 Å². The minimum Gasteiger partial charge on any atom is -0.328 e. The summed E-state index contributed by atoms with van der Waals surface area (Å²) in [7, 11) is 0. The summed E-state index contributed by atoms with van der Waals surface area (Å²) in [6, 6.07) is 10.1. The molecule has 3 unspecified atom stereocenters. The van der Waals surface area contributed by atoms with Crippen LogP contribution in [0.1, 0.15) is 49.8 Å². The van der Waals surface area contributed by atoms with Gasteiger partial charge in [0.25, 0.3) is 0 Å². The minimum atomic E-state index is 0.339. The quantitative estimate of drug-likeness (QED) is 0.826. The smallest absolute Gasteiger partial charge is 0.0350 e. The van der Waals surface area contributed by atoms with E-state index in [2.05, 4.69) is 36.1 Å². The zero-order chi connectivity index (χ0) is 13.2. The Kier molecular flexibility index (Phi) is 3.90. The Morgan fingerprint density at radius 3 is 2.84 bits per heavy atom. The fourth-order valence-electron chi connectivity index (χ4n) is 3.80. The lowest BCUT2D eigenvalue weighted by Gasteiger charge is -2.29. The Labute approximate surface area is 117 Å². The van der Waals surface area contributed by atoms with E-state index in [1.807, 2.05) is 0 Å². The van der Waals surface area contributed by atoms with Crippen molar-refractivity contribution in [2.45, 2.75) is 51.1 Å². The van der Waals surface area contributed by atoms with Crippen molar-refractivity contribution in [2.75, 3.05) is 13.1 Å². The van der Waals surface area contributed by atoms with Gasteiger partial charge in [-0.15, -0.1) is 0 Å². The van der Waals surface area contributed by atoms with Crippen LogP contribution in [-0.4, -0.2) is 24.0 Å². The molecule has 104 valence electrons. The summed E-state index contributed by atoms with van der Waals surface area (Å²) >= 11 is 0. The SMILES string of the molecule is CC(N)C1CCN(C2CCCCc3ccccc32)C1. The lowest BCUT2D eigenvalue weighted by Crippen LogP contribution is -2.31. The van der Waals surface area contributed by atoms with Gasteiger partial charge < -0.3 is 5.73 Å². The number of nitrogens with two attached hydrogens (primary N) is 1. The molecule has 1 saturated heterocycles. The largest absolute Gasteiger partial charge is 0.328 e. The van der Waals surface area contributed by atoms with Crippen molar-refractivity contribution in [1.82, 2.24) is 4.90 Å². The molecule has 1 aromatic carbocycles. The van der Waals surface area contributed by atoms with E-state index in [9.17, 15) is 0 Å². The fourth-order valence-corrected chi connectivity index (χ4v) is 3.80. The van der Waals surface area contributed by atoms with E-state index in [0.29, 0.717) is 18.0 Å². The maximum Gasteiger partial charge on any atom is 0.0350 e. The van der Waals surface area contributed by atoms with E-state index >= 15 is 0 Å². The van der Waals surface area contributed by atoms with E-state index < -0.39 is 0 Å². The second kappa shape index (κ2) is 5.64. The molecule has 2 heteroatoms. The van der Waals surface area contributed by atoms with Gasteiger partial charge in [-0.2, -0.15) is 0 Å². The molecule has 0 radical (unpaired) electrons. The van der Waals surface area contributed by atoms with Crippen LogP contribution in [0, 0.1) is 5.92 Å². The Balaban J connectivity index is 1.81. The lowest BCUT2D eigenvalue weighted by atomic mass is 9.97. The van der Waals surface area contributed by atoms with E-state index in [1.54, 1.807) is 11.1 Å². The van der Waals surface area contributed by atoms with Crippen molar-refractivity contribution < 1.29 is 0 Å². The number of aryl methyl sites for hydroxylation is 1. The average Bonchev–Trinajstić information content (AvgIpc) is 2.80. The van der Waals surface area contributed by atoms with Crippen LogP contribution >= 0.6 is 0 Å². The van der Waals surface area contributed by atoms with Crippen LogP contribution in [0.4, 0.5) is 0 Å². The van der Waals surface area contributed by atoms with Crippen LogP contribution in [0.5, 0.6) is 0 Å². The molecule has 0 bridgehead atoms. The highest BCUT2D eigenvalue weighted by Crippen LogP contribution is 2.36. The van der Waals surface area contributed by atoms with Crippen LogP contribution in [0.25, 0.3) is 0 Å². The van der Waals surface area contributed by atoms with Gasteiger partial charge in [0.05, 0.1) is 0 Å². The van der Waals surface area contributed by atoms with E-state index in [4.69, 9.17) is 5.73 Å². The highest BCUT2D eigenvalue weighted by Gasteiger charge is 2.32. The third-order valence-corrected chi connectivity index (χ3v) is 5.03. The van der Waals surface area contributed by atoms with Crippen molar-refractivity contribution >= 4 is 0 Å². The summed E-state index contributed by atoms with van der Waals surface area (Å²) < 4.78 is 0. The molecule has 0 saturated carbocycles.